The lowest BCUT2D eigenvalue weighted by Gasteiger charge is -2.25. The first-order valence-electron chi connectivity index (χ1n) is 7.17. The summed E-state index contributed by atoms with van der Waals surface area (Å²) in [6, 6.07) is 0.660. The van der Waals surface area contributed by atoms with E-state index in [9.17, 15) is 0 Å². The summed E-state index contributed by atoms with van der Waals surface area (Å²) in [6.45, 7) is 9.64. The van der Waals surface area contributed by atoms with Crippen molar-refractivity contribution in [2.24, 2.45) is 5.92 Å². The van der Waals surface area contributed by atoms with Gasteiger partial charge in [0.1, 0.15) is 0 Å². The number of hydrogen-bond donors (Lipinski definition) is 1. The summed E-state index contributed by atoms with van der Waals surface area (Å²) >= 11 is 1.47. The van der Waals surface area contributed by atoms with Crippen LogP contribution in [0.4, 0.5) is 10.8 Å². The van der Waals surface area contributed by atoms with Gasteiger partial charge < -0.3 is 15.4 Å². The van der Waals surface area contributed by atoms with E-state index in [1.54, 1.807) is 0 Å². The maximum atomic E-state index is 5.95. The summed E-state index contributed by atoms with van der Waals surface area (Å²) in [5.74, 6) is 2.03. The van der Waals surface area contributed by atoms with Gasteiger partial charge in [0.2, 0.25) is 0 Å². The van der Waals surface area contributed by atoms with Crippen LogP contribution in [0.15, 0.2) is 0 Å². The highest BCUT2D eigenvalue weighted by Gasteiger charge is 2.33. The van der Waals surface area contributed by atoms with Gasteiger partial charge in [-0.05, 0) is 50.6 Å². The molecule has 1 aliphatic rings. The van der Waals surface area contributed by atoms with Crippen molar-refractivity contribution in [3.05, 3.63) is 0 Å². The van der Waals surface area contributed by atoms with Crippen molar-refractivity contribution in [3.63, 3.8) is 0 Å². The van der Waals surface area contributed by atoms with Crippen LogP contribution in [-0.2, 0) is 0 Å². The summed E-state index contributed by atoms with van der Waals surface area (Å²) in [4.78, 5) is 2.45. The minimum Gasteiger partial charge on any atom is -0.484 e. The van der Waals surface area contributed by atoms with Crippen molar-refractivity contribution in [3.8, 4) is 5.75 Å². The van der Waals surface area contributed by atoms with Gasteiger partial charge in [-0.2, -0.15) is 4.37 Å². The summed E-state index contributed by atoms with van der Waals surface area (Å²) < 4.78 is 10.1. The molecule has 0 aliphatic heterocycles. The highest BCUT2D eigenvalue weighted by atomic mass is 32.1. The number of ether oxygens (including phenoxy) is 1. The lowest BCUT2D eigenvalue weighted by Crippen LogP contribution is -2.27. The Bertz CT molecular complexity index is 413. The molecule has 1 heterocycles. The van der Waals surface area contributed by atoms with Gasteiger partial charge in [0, 0.05) is 12.6 Å². The first-order valence-corrected chi connectivity index (χ1v) is 7.94. The third kappa shape index (κ3) is 3.75. The van der Waals surface area contributed by atoms with E-state index in [4.69, 9.17) is 10.5 Å². The molecule has 2 rings (SSSR count). The number of nitrogens with two attached hydrogens (primary N) is 1. The number of nitrogens with zero attached hydrogens (tertiary/aromatic N) is 2. The van der Waals surface area contributed by atoms with Crippen molar-refractivity contribution in [1.82, 2.24) is 4.37 Å². The van der Waals surface area contributed by atoms with Crippen molar-refractivity contribution in [1.29, 1.82) is 0 Å². The maximum Gasteiger partial charge on any atom is 0.198 e. The molecule has 1 aliphatic carbocycles. The molecule has 0 amide bonds. The molecule has 4 nitrogen and oxygen atoms in total. The molecule has 0 aromatic carbocycles. The molecule has 0 saturated heterocycles. The number of rotatable bonds is 7. The van der Waals surface area contributed by atoms with Gasteiger partial charge in [0.05, 0.1) is 6.10 Å². The van der Waals surface area contributed by atoms with Crippen LogP contribution in [0, 0.1) is 5.92 Å². The molecule has 2 N–H and O–H groups in total. The average Bonchev–Trinajstić information content (AvgIpc) is 3.08. The maximum absolute atomic E-state index is 5.95. The molecular weight excluding hydrogens is 258 g/mol. The summed E-state index contributed by atoms with van der Waals surface area (Å²) in [5.41, 5.74) is 5.95. The van der Waals surface area contributed by atoms with E-state index >= 15 is 0 Å². The molecule has 1 aromatic rings. The van der Waals surface area contributed by atoms with Crippen molar-refractivity contribution in [2.75, 3.05) is 17.2 Å². The second-order valence-electron chi connectivity index (χ2n) is 5.98. The molecule has 0 spiro atoms. The fourth-order valence-corrected chi connectivity index (χ4v) is 2.90. The predicted molar refractivity (Wildman–Crippen MR) is 82.1 cm³/mol. The van der Waals surface area contributed by atoms with E-state index in [1.807, 2.05) is 13.8 Å². The van der Waals surface area contributed by atoms with E-state index < -0.39 is 0 Å². The van der Waals surface area contributed by atoms with Gasteiger partial charge in [0.25, 0.3) is 0 Å². The van der Waals surface area contributed by atoms with Crippen LogP contribution in [0.1, 0.15) is 47.0 Å². The summed E-state index contributed by atoms with van der Waals surface area (Å²) in [6.07, 6.45) is 3.87. The van der Waals surface area contributed by atoms with Crippen molar-refractivity contribution < 1.29 is 4.74 Å². The quantitative estimate of drug-likeness (QED) is 0.831. The number of hydrogen-bond acceptors (Lipinski definition) is 5. The van der Waals surface area contributed by atoms with E-state index in [1.165, 1.54) is 30.8 Å². The Hall–Kier alpha value is -0.970. The molecule has 1 fully saturated rings. The molecule has 108 valence electrons. The average molecular weight is 283 g/mol. The van der Waals surface area contributed by atoms with E-state index in [-0.39, 0.29) is 6.10 Å². The van der Waals surface area contributed by atoms with Gasteiger partial charge in [-0.15, -0.1) is 0 Å². The SMILES string of the molecule is CC(C)CCN(c1snc(N)c1OC(C)C)C1CC1. The monoisotopic (exact) mass is 283 g/mol. The number of nitrogen functional groups attached to an aromatic ring is 1. The van der Waals surface area contributed by atoms with Crippen LogP contribution in [0.25, 0.3) is 0 Å². The number of anilines is 2. The zero-order valence-corrected chi connectivity index (χ0v) is 13.2. The zero-order valence-electron chi connectivity index (χ0n) is 12.3. The Labute approximate surface area is 120 Å². The zero-order chi connectivity index (χ0) is 14.0. The third-order valence-electron chi connectivity index (χ3n) is 3.21. The Kier molecular flexibility index (Phi) is 4.55. The van der Waals surface area contributed by atoms with Crippen LogP contribution in [0.5, 0.6) is 5.75 Å². The first-order chi connectivity index (χ1) is 8.99. The predicted octanol–water partition coefficient (Wildman–Crippen LogP) is 3.53. The Morgan fingerprint density at radius 3 is 2.58 bits per heavy atom. The van der Waals surface area contributed by atoms with Crippen molar-refractivity contribution in [2.45, 2.75) is 59.1 Å². The molecule has 5 heteroatoms. The van der Waals surface area contributed by atoms with Crippen LogP contribution < -0.4 is 15.4 Å². The summed E-state index contributed by atoms with van der Waals surface area (Å²) in [7, 11) is 0. The molecule has 0 bridgehead atoms. The molecule has 0 unspecified atom stereocenters. The third-order valence-corrected chi connectivity index (χ3v) is 4.09. The molecular formula is C14H25N3OS. The highest BCUT2D eigenvalue weighted by Crippen LogP contribution is 2.43. The number of aromatic nitrogens is 1. The van der Waals surface area contributed by atoms with Crippen LogP contribution >= 0.6 is 11.5 Å². The second-order valence-corrected chi connectivity index (χ2v) is 6.73. The van der Waals surface area contributed by atoms with Gasteiger partial charge in [-0.3, -0.25) is 0 Å². The Balaban J connectivity index is 2.16. The van der Waals surface area contributed by atoms with Crippen LogP contribution in [0.2, 0.25) is 0 Å². The van der Waals surface area contributed by atoms with Crippen molar-refractivity contribution >= 4 is 22.4 Å². The van der Waals surface area contributed by atoms with E-state index in [2.05, 4.69) is 23.1 Å². The fourth-order valence-electron chi connectivity index (χ4n) is 2.05. The van der Waals surface area contributed by atoms with Crippen LogP contribution in [-0.4, -0.2) is 23.1 Å². The largest absolute Gasteiger partial charge is 0.484 e. The highest BCUT2D eigenvalue weighted by molar-refractivity contribution is 7.11. The summed E-state index contributed by atoms with van der Waals surface area (Å²) in [5, 5.41) is 1.12. The van der Waals surface area contributed by atoms with Gasteiger partial charge >= 0.3 is 0 Å². The van der Waals surface area contributed by atoms with Crippen LogP contribution in [0.3, 0.4) is 0 Å². The second kappa shape index (κ2) is 5.99. The first kappa shape index (κ1) is 14.4. The normalized spacial score (nSPS) is 15.3. The molecule has 1 saturated carbocycles. The van der Waals surface area contributed by atoms with E-state index in [0.29, 0.717) is 17.8 Å². The molecule has 0 radical (unpaired) electrons. The Morgan fingerprint density at radius 1 is 1.37 bits per heavy atom. The van der Waals surface area contributed by atoms with Gasteiger partial charge in [-0.1, -0.05) is 13.8 Å². The topological polar surface area (TPSA) is 51.4 Å². The molecule has 19 heavy (non-hydrogen) atoms. The minimum absolute atomic E-state index is 0.128. The lowest BCUT2D eigenvalue weighted by atomic mass is 10.1. The minimum atomic E-state index is 0.128. The fraction of sp³-hybridized carbons (Fsp3) is 0.786. The smallest absolute Gasteiger partial charge is 0.198 e. The van der Waals surface area contributed by atoms with Gasteiger partial charge in [0.15, 0.2) is 16.6 Å². The standard InChI is InChI=1S/C14H25N3OS/c1-9(2)7-8-17(11-5-6-11)14-12(18-10(3)4)13(15)16-19-14/h9-11H,5-8H2,1-4H3,(H2,15,16). The Morgan fingerprint density at radius 2 is 2.05 bits per heavy atom. The molecule has 1 aromatic heterocycles. The van der Waals surface area contributed by atoms with Gasteiger partial charge in [-0.25, -0.2) is 0 Å². The molecule has 0 atom stereocenters. The lowest BCUT2D eigenvalue weighted by molar-refractivity contribution is 0.244. The van der Waals surface area contributed by atoms with E-state index in [0.717, 1.165) is 17.3 Å².